The number of halogens is 2. The van der Waals surface area contributed by atoms with Gasteiger partial charge in [-0.15, -0.1) is 0 Å². The molecule has 2 aromatic carbocycles. The molecule has 0 bridgehead atoms. The van der Waals surface area contributed by atoms with Crippen LogP contribution in [0, 0.1) is 13.3 Å². The van der Waals surface area contributed by atoms with Crippen LogP contribution in [0.25, 0.3) is 11.1 Å². The van der Waals surface area contributed by atoms with E-state index in [4.69, 9.17) is 27.9 Å². The predicted octanol–water partition coefficient (Wildman–Crippen LogP) is 6.35. The summed E-state index contributed by atoms with van der Waals surface area (Å²) in [4.78, 5) is 0. The number of benzene rings is 2. The fraction of sp³-hybridized carbons (Fsp3) is 0.150. The normalized spacial score (nSPS) is 14.7. The van der Waals surface area contributed by atoms with Crippen molar-refractivity contribution in [1.82, 2.24) is 0 Å². The van der Waals surface area contributed by atoms with E-state index in [9.17, 15) is 0 Å². The molecule has 0 heterocycles. The zero-order chi connectivity index (χ0) is 16.4. The van der Waals surface area contributed by atoms with Crippen molar-refractivity contribution in [3.63, 3.8) is 0 Å². The van der Waals surface area contributed by atoms with Crippen LogP contribution in [-0.2, 0) is 4.74 Å². The van der Waals surface area contributed by atoms with Crippen LogP contribution in [0.2, 0.25) is 10.0 Å². The topological polar surface area (TPSA) is 9.23 Å². The van der Waals surface area contributed by atoms with Crippen molar-refractivity contribution >= 4 is 34.3 Å². The summed E-state index contributed by atoms with van der Waals surface area (Å²) in [6.45, 7) is 2.08. The summed E-state index contributed by atoms with van der Waals surface area (Å²) in [5, 5.41) is 1.10. The second-order valence-corrected chi connectivity index (χ2v) is 6.31. The van der Waals surface area contributed by atoms with E-state index in [0.717, 1.165) is 34.5 Å². The van der Waals surface area contributed by atoms with Crippen molar-refractivity contribution in [2.45, 2.75) is 13.3 Å². The molecule has 3 rings (SSSR count). The van der Waals surface area contributed by atoms with Crippen molar-refractivity contribution in [3.05, 3.63) is 87.5 Å². The summed E-state index contributed by atoms with van der Waals surface area (Å²) in [5.41, 5.74) is 5.55. The van der Waals surface area contributed by atoms with Gasteiger partial charge < -0.3 is 4.74 Å². The molecule has 0 fully saturated rings. The molecule has 0 atom stereocenters. The summed E-state index contributed by atoms with van der Waals surface area (Å²) < 4.78 is 5.73. The summed E-state index contributed by atoms with van der Waals surface area (Å²) in [6, 6.07) is 14.1. The van der Waals surface area contributed by atoms with Crippen LogP contribution in [0.5, 0.6) is 0 Å². The molecule has 3 heteroatoms. The van der Waals surface area contributed by atoms with Crippen molar-refractivity contribution in [1.29, 1.82) is 0 Å². The van der Waals surface area contributed by atoms with Crippen LogP contribution in [-0.4, -0.2) is 7.11 Å². The lowest BCUT2D eigenvalue weighted by Crippen LogP contribution is -2.03. The van der Waals surface area contributed by atoms with E-state index in [1.807, 2.05) is 18.2 Å². The highest BCUT2D eigenvalue weighted by atomic mass is 35.5. The third-order valence-corrected chi connectivity index (χ3v) is 4.67. The molecular weight excluding hydrogens is 327 g/mol. The number of ether oxygens (including phenoxy) is 1. The van der Waals surface area contributed by atoms with E-state index >= 15 is 0 Å². The predicted molar refractivity (Wildman–Crippen MR) is 98.5 cm³/mol. The van der Waals surface area contributed by atoms with Crippen LogP contribution in [0.1, 0.15) is 23.1 Å². The second-order valence-electron chi connectivity index (χ2n) is 5.50. The number of hydrogen-bond donors (Lipinski definition) is 0. The SMILES string of the molecule is COC1=C(c2ccc(Cl)c(Cl)c2)[CH]CC=C1c1ccc(C)cc1. The van der Waals surface area contributed by atoms with Crippen molar-refractivity contribution in [3.8, 4) is 0 Å². The van der Waals surface area contributed by atoms with Gasteiger partial charge in [0.25, 0.3) is 0 Å². The first kappa shape index (κ1) is 16.2. The van der Waals surface area contributed by atoms with Crippen LogP contribution in [0.3, 0.4) is 0 Å². The molecule has 1 nitrogen and oxygen atoms in total. The molecule has 1 aliphatic rings. The average Bonchev–Trinajstić information content (AvgIpc) is 2.57. The maximum absolute atomic E-state index is 6.17. The Labute approximate surface area is 147 Å². The molecule has 2 aromatic rings. The minimum Gasteiger partial charge on any atom is -0.496 e. The quantitative estimate of drug-likeness (QED) is 0.630. The molecule has 0 amide bonds. The third kappa shape index (κ3) is 3.31. The number of methoxy groups -OCH3 is 1. The van der Waals surface area contributed by atoms with Gasteiger partial charge in [-0.1, -0.05) is 65.2 Å². The molecule has 0 N–H and O–H groups in total. The molecule has 0 aromatic heterocycles. The van der Waals surface area contributed by atoms with Gasteiger partial charge in [-0.05, 0) is 43.0 Å². The largest absolute Gasteiger partial charge is 0.496 e. The number of rotatable bonds is 3. The third-order valence-electron chi connectivity index (χ3n) is 3.93. The second kappa shape index (κ2) is 6.82. The van der Waals surface area contributed by atoms with Gasteiger partial charge in [0.05, 0.1) is 17.2 Å². The Morgan fingerprint density at radius 3 is 2.26 bits per heavy atom. The Hall–Kier alpha value is -1.70. The molecule has 1 aliphatic carbocycles. The number of allylic oxidation sites excluding steroid dienone is 3. The zero-order valence-corrected chi connectivity index (χ0v) is 14.6. The fourth-order valence-electron chi connectivity index (χ4n) is 2.74. The van der Waals surface area contributed by atoms with Crippen LogP contribution >= 0.6 is 23.2 Å². The van der Waals surface area contributed by atoms with Crippen LogP contribution in [0.15, 0.2) is 54.3 Å². The van der Waals surface area contributed by atoms with E-state index < -0.39 is 0 Å². The number of aryl methyl sites for hydroxylation is 1. The van der Waals surface area contributed by atoms with E-state index in [1.54, 1.807) is 7.11 Å². The molecule has 0 spiro atoms. The minimum absolute atomic E-state index is 0.548. The molecule has 117 valence electrons. The fourth-order valence-corrected chi connectivity index (χ4v) is 3.04. The maximum Gasteiger partial charge on any atom is 0.130 e. The Morgan fingerprint density at radius 1 is 0.913 bits per heavy atom. The maximum atomic E-state index is 6.17. The zero-order valence-electron chi connectivity index (χ0n) is 13.1. The van der Waals surface area contributed by atoms with E-state index in [0.29, 0.717) is 10.0 Å². The first-order valence-corrected chi connectivity index (χ1v) is 8.20. The molecule has 1 radical (unpaired) electrons. The highest BCUT2D eigenvalue weighted by Gasteiger charge is 2.20. The molecule has 0 saturated carbocycles. The molecule has 0 saturated heterocycles. The molecular formula is C20H17Cl2O. The Balaban J connectivity index is 2.08. The van der Waals surface area contributed by atoms with Gasteiger partial charge in [-0.2, -0.15) is 0 Å². The lowest BCUT2D eigenvalue weighted by atomic mass is 9.88. The Kier molecular flexibility index (Phi) is 4.79. The highest BCUT2D eigenvalue weighted by molar-refractivity contribution is 6.42. The van der Waals surface area contributed by atoms with Gasteiger partial charge in [0.1, 0.15) is 5.76 Å². The molecule has 0 unspecified atom stereocenters. The van der Waals surface area contributed by atoms with Crippen LogP contribution < -0.4 is 0 Å². The summed E-state index contributed by atoms with van der Waals surface area (Å²) in [6.07, 6.45) is 5.19. The van der Waals surface area contributed by atoms with E-state index in [2.05, 4.69) is 43.7 Å². The van der Waals surface area contributed by atoms with Gasteiger partial charge in [0, 0.05) is 11.1 Å². The van der Waals surface area contributed by atoms with Crippen molar-refractivity contribution < 1.29 is 4.74 Å². The van der Waals surface area contributed by atoms with E-state index in [1.165, 1.54) is 5.56 Å². The lowest BCUT2D eigenvalue weighted by molar-refractivity contribution is 0.312. The number of hydrogen-bond acceptors (Lipinski definition) is 1. The lowest BCUT2D eigenvalue weighted by Gasteiger charge is -2.21. The Morgan fingerprint density at radius 2 is 1.61 bits per heavy atom. The van der Waals surface area contributed by atoms with E-state index in [-0.39, 0.29) is 0 Å². The van der Waals surface area contributed by atoms with Gasteiger partial charge >= 0.3 is 0 Å². The highest BCUT2D eigenvalue weighted by Crippen LogP contribution is 2.38. The monoisotopic (exact) mass is 343 g/mol. The minimum atomic E-state index is 0.548. The van der Waals surface area contributed by atoms with Gasteiger partial charge in [0.15, 0.2) is 0 Å². The van der Waals surface area contributed by atoms with Crippen LogP contribution in [0.4, 0.5) is 0 Å². The van der Waals surface area contributed by atoms with Crippen molar-refractivity contribution in [2.75, 3.05) is 7.11 Å². The van der Waals surface area contributed by atoms with Gasteiger partial charge in [-0.25, -0.2) is 0 Å². The van der Waals surface area contributed by atoms with Gasteiger partial charge in [-0.3, -0.25) is 0 Å². The summed E-state index contributed by atoms with van der Waals surface area (Å²) in [5.74, 6) is 0.860. The summed E-state index contributed by atoms with van der Waals surface area (Å²) in [7, 11) is 1.70. The standard InChI is InChI=1S/C20H17Cl2O/c1-13-6-8-14(9-7-13)16-4-3-5-17(20(16)23-2)15-10-11-18(21)19(22)12-15/h4-12H,3H2,1-2H3. The molecule has 0 aliphatic heterocycles. The first-order chi connectivity index (χ1) is 11.1. The summed E-state index contributed by atoms with van der Waals surface area (Å²) >= 11 is 12.2. The van der Waals surface area contributed by atoms with Crippen molar-refractivity contribution in [2.24, 2.45) is 0 Å². The first-order valence-electron chi connectivity index (χ1n) is 7.44. The smallest absolute Gasteiger partial charge is 0.130 e. The Bertz CT molecular complexity index is 786. The average molecular weight is 344 g/mol. The molecule has 23 heavy (non-hydrogen) atoms. The van der Waals surface area contributed by atoms with Gasteiger partial charge in [0.2, 0.25) is 0 Å².